The van der Waals surface area contributed by atoms with Crippen molar-refractivity contribution in [3.05, 3.63) is 72.1 Å². The first kappa shape index (κ1) is 22.8. The minimum Gasteiger partial charge on any atom is -0.496 e. The Hall–Kier alpha value is -3.41. The Labute approximate surface area is 194 Å². The largest absolute Gasteiger partial charge is 0.496 e. The molecule has 2 amide bonds. The van der Waals surface area contributed by atoms with Crippen molar-refractivity contribution < 1.29 is 14.3 Å². The molecule has 0 bridgehead atoms. The monoisotopic (exact) mass is 445 g/mol. The second kappa shape index (κ2) is 10.0. The Morgan fingerprint density at radius 1 is 1.18 bits per heavy atom. The molecule has 1 aliphatic heterocycles. The van der Waals surface area contributed by atoms with Gasteiger partial charge in [-0.05, 0) is 61.3 Å². The van der Waals surface area contributed by atoms with Crippen molar-refractivity contribution in [3.63, 3.8) is 0 Å². The van der Waals surface area contributed by atoms with E-state index >= 15 is 0 Å². The number of nitrogens with zero attached hydrogens (tertiary/aromatic N) is 1. The van der Waals surface area contributed by atoms with Gasteiger partial charge in [0, 0.05) is 42.2 Å². The number of fused-ring (bicyclic) bond motifs is 1. The highest BCUT2D eigenvalue weighted by molar-refractivity contribution is 5.91. The van der Waals surface area contributed by atoms with Gasteiger partial charge in [0.15, 0.2) is 0 Å². The smallest absolute Gasteiger partial charge is 0.220 e. The van der Waals surface area contributed by atoms with Crippen LogP contribution in [0.3, 0.4) is 0 Å². The summed E-state index contributed by atoms with van der Waals surface area (Å²) in [6.07, 6.45) is 7.17. The molecule has 2 heterocycles. The van der Waals surface area contributed by atoms with Gasteiger partial charge in [0.05, 0.1) is 7.11 Å². The molecule has 2 unspecified atom stereocenters. The van der Waals surface area contributed by atoms with E-state index in [4.69, 9.17) is 4.74 Å². The molecule has 0 aliphatic carbocycles. The molecule has 0 spiro atoms. The summed E-state index contributed by atoms with van der Waals surface area (Å²) in [6, 6.07) is 16.1. The molecule has 2 atom stereocenters. The Balaban J connectivity index is 1.45. The first-order chi connectivity index (χ1) is 16.0. The third-order valence-electron chi connectivity index (χ3n) is 6.46. The number of pyridine rings is 1. The molecule has 33 heavy (non-hydrogen) atoms. The number of methoxy groups -OCH3 is 1. The van der Waals surface area contributed by atoms with Gasteiger partial charge >= 0.3 is 0 Å². The number of aromatic nitrogens is 1. The number of rotatable bonds is 9. The standard InChI is InChI=1S/C27H31N3O3/c1-19(16-20-6-5-15-28-18-20)29-25(31)11-13-27(14-12-26(32)30-27)17-21-9-10-24(33-2)23-8-4-3-7-22(21)23/h3-10,15,18-19H,11-14,16-17H2,1-2H3,(H,29,31)(H,30,32). The number of ether oxygens (including phenoxy) is 1. The number of benzene rings is 2. The first-order valence-electron chi connectivity index (χ1n) is 11.5. The fraction of sp³-hybridized carbons (Fsp3) is 0.370. The molecule has 0 radical (unpaired) electrons. The van der Waals surface area contributed by atoms with Crippen LogP contribution in [0.2, 0.25) is 0 Å². The van der Waals surface area contributed by atoms with Crippen LogP contribution in [0.25, 0.3) is 10.8 Å². The van der Waals surface area contributed by atoms with E-state index in [0.29, 0.717) is 25.7 Å². The van der Waals surface area contributed by atoms with Crippen LogP contribution in [0.1, 0.15) is 43.7 Å². The van der Waals surface area contributed by atoms with Gasteiger partial charge in [-0.25, -0.2) is 0 Å². The SMILES string of the molecule is COc1ccc(CC2(CCC(=O)NC(C)Cc3cccnc3)CCC(=O)N2)c2ccccc12. The molecule has 3 aromatic rings. The average molecular weight is 446 g/mol. The zero-order chi connectivity index (χ0) is 23.3. The van der Waals surface area contributed by atoms with E-state index in [1.165, 1.54) is 0 Å². The van der Waals surface area contributed by atoms with Crippen molar-refractivity contribution in [1.29, 1.82) is 0 Å². The van der Waals surface area contributed by atoms with Gasteiger partial charge in [0.1, 0.15) is 5.75 Å². The molecule has 172 valence electrons. The lowest BCUT2D eigenvalue weighted by Gasteiger charge is -2.30. The average Bonchev–Trinajstić information content (AvgIpc) is 3.19. The van der Waals surface area contributed by atoms with Crippen molar-refractivity contribution in [1.82, 2.24) is 15.6 Å². The van der Waals surface area contributed by atoms with E-state index in [2.05, 4.69) is 33.8 Å². The molecular formula is C27H31N3O3. The third-order valence-corrected chi connectivity index (χ3v) is 6.46. The zero-order valence-corrected chi connectivity index (χ0v) is 19.3. The van der Waals surface area contributed by atoms with Crippen molar-refractivity contribution in [3.8, 4) is 5.75 Å². The Morgan fingerprint density at radius 2 is 2.00 bits per heavy atom. The van der Waals surface area contributed by atoms with E-state index in [-0.39, 0.29) is 17.9 Å². The van der Waals surface area contributed by atoms with Crippen molar-refractivity contribution in [2.24, 2.45) is 0 Å². The highest BCUT2D eigenvalue weighted by Gasteiger charge is 2.38. The Bertz CT molecular complexity index is 1130. The van der Waals surface area contributed by atoms with Crippen LogP contribution in [-0.4, -0.2) is 35.5 Å². The van der Waals surface area contributed by atoms with E-state index in [1.54, 1.807) is 13.3 Å². The molecule has 2 N–H and O–H groups in total. The number of hydrogen-bond acceptors (Lipinski definition) is 4. The van der Waals surface area contributed by atoms with E-state index in [9.17, 15) is 9.59 Å². The number of nitrogens with one attached hydrogen (secondary N) is 2. The van der Waals surface area contributed by atoms with Gasteiger partial charge in [-0.3, -0.25) is 14.6 Å². The summed E-state index contributed by atoms with van der Waals surface area (Å²) in [5.41, 5.74) is 1.83. The van der Waals surface area contributed by atoms with Gasteiger partial charge in [0.25, 0.3) is 0 Å². The minimum absolute atomic E-state index is 0.00602. The van der Waals surface area contributed by atoms with E-state index < -0.39 is 5.54 Å². The maximum absolute atomic E-state index is 12.7. The number of hydrogen-bond donors (Lipinski definition) is 2. The third kappa shape index (κ3) is 5.51. The summed E-state index contributed by atoms with van der Waals surface area (Å²) in [6.45, 7) is 2.00. The molecule has 0 saturated carbocycles. The van der Waals surface area contributed by atoms with E-state index in [0.717, 1.165) is 40.5 Å². The van der Waals surface area contributed by atoms with Gasteiger partial charge in [-0.15, -0.1) is 0 Å². The number of amides is 2. The fourth-order valence-corrected chi connectivity index (χ4v) is 4.84. The van der Waals surface area contributed by atoms with Crippen LogP contribution in [0.5, 0.6) is 5.75 Å². The van der Waals surface area contributed by atoms with Crippen LogP contribution in [-0.2, 0) is 22.4 Å². The second-order valence-electron chi connectivity index (χ2n) is 9.01. The van der Waals surface area contributed by atoms with Crippen molar-refractivity contribution >= 4 is 22.6 Å². The normalized spacial score (nSPS) is 18.7. The number of carbonyl (C=O) groups is 2. The zero-order valence-electron chi connectivity index (χ0n) is 19.3. The lowest BCUT2D eigenvalue weighted by Crippen LogP contribution is -2.45. The van der Waals surface area contributed by atoms with E-state index in [1.807, 2.05) is 43.5 Å². The minimum atomic E-state index is -0.418. The molecule has 1 aliphatic rings. The van der Waals surface area contributed by atoms with Crippen LogP contribution >= 0.6 is 0 Å². The molecule has 6 heteroatoms. The molecule has 4 rings (SSSR count). The highest BCUT2D eigenvalue weighted by Crippen LogP contribution is 2.34. The maximum Gasteiger partial charge on any atom is 0.220 e. The van der Waals surface area contributed by atoms with Crippen molar-refractivity contribution in [2.45, 2.75) is 57.0 Å². The van der Waals surface area contributed by atoms with Gasteiger partial charge in [-0.1, -0.05) is 36.4 Å². The highest BCUT2D eigenvalue weighted by atomic mass is 16.5. The van der Waals surface area contributed by atoms with Gasteiger partial charge < -0.3 is 15.4 Å². The predicted molar refractivity (Wildman–Crippen MR) is 129 cm³/mol. The molecule has 1 saturated heterocycles. The summed E-state index contributed by atoms with van der Waals surface area (Å²) < 4.78 is 5.53. The van der Waals surface area contributed by atoms with Crippen LogP contribution < -0.4 is 15.4 Å². The quantitative estimate of drug-likeness (QED) is 0.522. The molecule has 1 fully saturated rings. The predicted octanol–water partition coefficient (Wildman–Crippen LogP) is 3.96. The fourth-order valence-electron chi connectivity index (χ4n) is 4.84. The lowest BCUT2D eigenvalue weighted by molar-refractivity contribution is -0.123. The molecule has 2 aromatic carbocycles. The van der Waals surface area contributed by atoms with Crippen LogP contribution in [0.15, 0.2) is 60.9 Å². The maximum atomic E-state index is 12.7. The second-order valence-corrected chi connectivity index (χ2v) is 9.01. The summed E-state index contributed by atoms with van der Waals surface area (Å²) in [5, 5.41) is 8.46. The lowest BCUT2D eigenvalue weighted by atomic mass is 9.83. The topological polar surface area (TPSA) is 80.3 Å². The summed E-state index contributed by atoms with van der Waals surface area (Å²) in [4.78, 5) is 29.1. The Kier molecular flexibility index (Phi) is 6.92. The molecule has 6 nitrogen and oxygen atoms in total. The van der Waals surface area contributed by atoms with Crippen LogP contribution in [0, 0.1) is 0 Å². The first-order valence-corrected chi connectivity index (χ1v) is 11.5. The summed E-state index contributed by atoms with van der Waals surface area (Å²) in [5.74, 6) is 0.894. The molecule has 1 aromatic heterocycles. The van der Waals surface area contributed by atoms with Gasteiger partial charge in [0.2, 0.25) is 11.8 Å². The molecular weight excluding hydrogens is 414 g/mol. The summed E-state index contributed by atoms with van der Waals surface area (Å²) in [7, 11) is 1.67. The van der Waals surface area contributed by atoms with Crippen molar-refractivity contribution in [2.75, 3.05) is 7.11 Å². The Morgan fingerprint density at radius 3 is 2.70 bits per heavy atom. The van der Waals surface area contributed by atoms with Gasteiger partial charge in [-0.2, -0.15) is 0 Å². The van der Waals surface area contributed by atoms with Crippen LogP contribution in [0.4, 0.5) is 0 Å². The summed E-state index contributed by atoms with van der Waals surface area (Å²) >= 11 is 0. The number of carbonyl (C=O) groups excluding carboxylic acids is 2.